The van der Waals surface area contributed by atoms with Gasteiger partial charge in [0.25, 0.3) is 0 Å². The molecule has 0 bridgehead atoms. The standard InChI is InChI=1S/C14H9NO2S2/c16-14(17)10-4-1-3-9(7-10)13-15-11(8-19-13)12-5-2-6-18-12/h1-8H,(H,16,17). The van der Waals surface area contributed by atoms with Crippen LogP contribution in [0, 0.1) is 0 Å². The van der Waals surface area contributed by atoms with Crippen LogP contribution in [0.1, 0.15) is 10.4 Å². The Labute approximate surface area is 117 Å². The van der Waals surface area contributed by atoms with Gasteiger partial charge in [-0.25, -0.2) is 9.78 Å². The number of carboxylic acid groups (broad SMARTS) is 1. The number of thiophene rings is 1. The fraction of sp³-hybridized carbons (Fsp3) is 0. The Balaban J connectivity index is 1.99. The number of aromatic nitrogens is 1. The fourth-order valence-corrected chi connectivity index (χ4v) is 3.31. The van der Waals surface area contributed by atoms with E-state index in [9.17, 15) is 4.79 Å². The van der Waals surface area contributed by atoms with Crippen molar-refractivity contribution >= 4 is 28.6 Å². The van der Waals surface area contributed by atoms with Gasteiger partial charge >= 0.3 is 5.97 Å². The molecule has 2 aromatic heterocycles. The Kier molecular flexibility index (Phi) is 3.15. The van der Waals surface area contributed by atoms with Gasteiger partial charge in [-0.15, -0.1) is 22.7 Å². The molecule has 0 aliphatic heterocycles. The van der Waals surface area contributed by atoms with Crippen LogP contribution in [0.15, 0.2) is 47.2 Å². The van der Waals surface area contributed by atoms with Crippen LogP contribution in [-0.2, 0) is 0 Å². The zero-order chi connectivity index (χ0) is 13.2. The summed E-state index contributed by atoms with van der Waals surface area (Å²) in [6.07, 6.45) is 0. The molecule has 3 rings (SSSR count). The number of hydrogen-bond donors (Lipinski definition) is 1. The summed E-state index contributed by atoms with van der Waals surface area (Å²) >= 11 is 3.17. The number of aromatic carboxylic acids is 1. The minimum Gasteiger partial charge on any atom is -0.478 e. The molecular formula is C14H9NO2S2. The molecule has 3 nitrogen and oxygen atoms in total. The Bertz CT molecular complexity index is 717. The molecule has 1 aromatic carbocycles. The molecule has 0 spiro atoms. The van der Waals surface area contributed by atoms with Gasteiger partial charge < -0.3 is 5.11 Å². The summed E-state index contributed by atoms with van der Waals surface area (Å²) in [4.78, 5) is 16.6. The molecule has 0 radical (unpaired) electrons. The van der Waals surface area contributed by atoms with E-state index in [0.29, 0.717) is 0 Å². The summed E-state index contributed by atoms with van der Waals surface area (Å²) in [6, 6.07) is 10.9. The number of carbonyl (C=O) groups is 1. The Morgan fingerprint density at radius 3 is 2.79 bits per heavy atom. The highest BCUT2D eigenvalue weighted by molar-refractivity contribution is 7.15. The first-order valence-electron chi connectivity index (χ1n) is 5.57. The Morgan fingerprint density at radius 2 is 2.05 bits per heavy atom. The minimum absolute atomic E-state index is 0.283. The number of rotatable bonds is 3. The normalized spacial score (nSPS) is 10.5. The van der Waals surface area contributed by atoms with Gasteiger partial charge in [0.15, 0.2) is 0 Å². The van der Waals surface area contributed by atoms with Crippen LogP contribution >= 0.6 is 22.7 Å². The lowest BCUT2D eigenvalue weighted by Gasteiger charge is -1.98. The van der Waals surface area contributed by atoms with E-state index in [2.05, 4.69) is 4.98 Å². The first kappa shape index (κ1) is 12.1. The highest BCUT2D eigenvalue weighted by atomic mass is 32.1. The van der Waals surface area contributed by atoms with Crippen molar-refractivity contribution in [2.75, 3.05) is 0 Å². The predicted molar refractivity (Wildman–Crippen MR) is 77.8 cm³/mol. The van der Waals surface area contributed by atoms with E-state index < -0.39 is 5.97 Å². The van der Waals surface area contributed by atoms with Crippen LogP contribution in [0.4, 0.5) is 0 Å². The summed E-state index contributed by atoms with van der Waals surface area (Å²) in [5.74, 6) is -0.920. The number of carboxylic acids is 1. The van der Waals surface area contributed by atoms with Gasteiger partial charge in [-0.1, -0.05) is 18.2 Å². The Hall–Kier alpha value is -1.98. The van der Waals surface area contributed by atoms with Crippen LogP contribution in [0.25, 0.3) is 21.1 Å². The van der Waals surface area contributed by atoms with Crippen LogP contribution in [0.5, 0.6) is 0 Å². The summed E-state index contributed by atoms with van der Waals surface area (Å²) < 4.78 is 0. The molecular weight excluding hydrogens is 278 g/mol. The predicted octanol–water partition coefficient (Wildman–Crippen LogP) is 4.24. The lowest BCUT2D eigenvalue weighted by atomic mass is 10.1. The smallest absolute Gasteiger partial charge is 0.335 e. The third-order valence-electron chi connectivity index (χ3n) is 2.63. The first-order valence-corrected chi connectivity index (χ1v) is 7.33. The number of thiazole rings is 1. The van der Waals surface area contributed by atoms with Gasteiger partial charge in [0.2, 0.25) is 0 Å². The third kappa shape index (κ3) is 2.43. The molecule has 2 heterocycles. The SMILES string of the molecule is O=C(O)c1cccc(-c2nc(-c3cccs3)cs2)c1. The lowest BCUT2D eigenvalue weighted by molar-refractivity contribution is 0.0697. The summed E-state index contributed by atoms with van der Waals surface area (Å²) in [5.41, 5.74) is 2.06. The van der Waals surface area contributed by atoms with Crippen molar-refractivity contribution in [3.8, 4) is 21.1 Å². The minimum atomic E-state index is -0.920. The van der Waals surface area contributed by atoms with Crippen LogP contribution in [0.3, 0.4) is 0 Å². The maximum atomic E-state index is 11.0. The molecule has 5 heteroatoms. The van der Waals surface area contributed by atoms with Gasteiger partial charge in [-0.3, -0.25) is 0 Å². The molecule has 0 saturated carbocycles. The van der Waals surface area contributed by atoms with Crippen LogP contribution in [0.2, 0.25) is 0 Å². The van der Waals surface area contributed by atoms with Crippen molar-refractivity contribution in [2.45, 2.75) is 0 Å². The molecule has 3 aromatic rings. The zero-order valence-corrected chi connectivity index (χ0v) is 11.4. The van der Waals surface area contributed by atoms with Crippen molar-refractivity contribution in [3.63, 3.8) is 0 Å². The van der Waals surface area contributed by atoms with Gasteiger partial charge in [0, 0.05) is 10.9 Å². The van der Waals surface area contributed by atoms with Crippen molar-refractivity contribution in [3.05, 3.63) is 52.7 Å². The van der Waals surface area contributed by atoms with Crippen molar-refractivity contribution < 1.29 is 9.90 Å². The number of benzene rings is 1. The van der Waals surface area contributed by atoms with E-state index >= 15 is 0 Å². The molecule has 0 aliphatic carbocycles. The van der Waals surface area contributed by atoms with Crippen LogP contribution in [-0.4, -0.2) is 16.1 Å². The van der Waals surface area contributed by atoms with E-state index in [0.717, 1.165) is 21.1 Å². The largest absolute Gasteiger partial charge is 0.478 e. The average molecular weight is 287 g/mol. The fourth-order valence-electron chi connectivity index (χ4n) is 1.73. The number of hydrogen-bond acceptors (Lipinski definition) is 4. The van der Waals surface area contributed by atoms with E-state index in [4.69, 9.17) is 5.11 Å². The van der Waals surface area contributed by atoms with E-state index in [1.807, 2.05) is 29.0 Å². The van der Waals surface area contributed by atoms with Crippen molar-refractivity contribution in [1.82, 2.24) is 4.98 Å². The summed E-state index contributed by atoms with van der Waals surface area (Å²) in [6.45, 7) is 0. The van der Waals surface area contributed by atoms with Gasteiger partial charge in [-0.2, -0.15) is 0 Å². The number of nitrogens with zero attached hydrogens (tertiary/aromatic N) is 1. The van der Waals surface area contributed by atoms with Gasteiger partial charge in [-0.05, 0) is 23.6 Å². The maximum absolute atomic E-state index is 11.0. The summed E-state index contributed by atoms with van der Waals surface area (Å²) in [7, 11) is 0. The zero-order valence-electron chi connectivity index (χ0n) is 9.74. The molecule has 0 aliphatic rings. The highest BCUT2D eigenvalue weighted by Crippen LogP contribution is 2.31. The Morgan fingerprint density at radius 1 is 1.16 bits per heavy atom. The van der Waals surface area contributed by atoms with E-state index in [1.165, 1.54) is 11.3 Å². The van der Waals surface area contributed by atoms with Gasteiger partial charge in [0.05, 0.1) is 16.1 Å². The molecule has 0 atom stereocenters. The van der Waals surface area contributed by atoms with Crippen LogP contribution < -0.4 is 0 Å². The molecule has 0 amide bonds. The second-order valence-corrected chi connectivity index (χ2v) is 5.71. The average Bonchev–Trinajstić information content (AvgIpc) is 3.09. The van der Waals surface area contributed by atoms with Gasteiger partial charge in [0.1, 0.15) is 5.01 Å². The quantitative estimate of drug-likeness (QED) is 0.784. The second-order valence-electron chi connectivity index (χ2n) is 3.90. The molecule has 1 N–H and O–H groups in total. The monoisotopic (exact) mass is 287 g/mol. The molecule has 0 saturated heterocycles. The molecule has 94 valence electrons. The topological polar surface area (TPSA) is 50.2 Å². The van der Waals surface area contributed by atoms with E-state index in [1.54, 1.807) is 29.5 Å². The molecule has 0 fully saturated rings. The highest BCUT2D eigenvalue weighted by Gasteiger charge is 2.09. The molecule has 0 unspecified atom stereocenters. The molecule has 19 heavy (non-hydrogen) atoms. The first-order chi connectivity index (χ1) is 9.24. The van der Waals surface area contributed by atoms with E-state index in [-0.39, 0.29) is 5.56 Å². The lowest BCUT2D eigenvalue weighted by Crippen LogP contribution is -1.95. The maximum Gasteiger partial charge on any atom is 0.335 e. The van der Waals surface area contributed by atoms with Crippen molar-refractivity contribution in [2.24, 2.45) is 0 Å². The summed E-state index contributed by atoms with van der Waals surface area (Å²) in [5, 5.41) is 13.8. The second kappa shape index (κ2) is 4.95. The van der Waals surface area contributed by atoms with Crippen molar-refractivity contribution in [1.29, 1.82) is 0 Å². The third-order valence-corrected chi connectivity index (χ3v) is 4.42.